The van der Waals surface area contributed by atoms with E-state index < -0.39 is 0 Å². The summed E-state index contributed by atoms with van der Waals surface area (Å²) in [5.74, 6) is -0.487. The SMILES string of the molecule is Cc1cccc(F)c1N1CCCN(CC(N)=O)CC1. The number of hydrogen-bond acceptors (Lipinski definition) is 3. The molecule has 4 nitrogen and oxygen atoms in total. The van der Waals surface area contributed by atoms with Gasteiger partial charge >= 0.3 is 0 Å². The topological polar surface area (TPSA) is 49.6 Å². The Morgan fingerprint density at radius 2 is 2.11 bits per heavy atom. The van der Waals surface area contributed by atoms with Gasteiger partial charge in [-0.1, -0.05) is 12.1 Å². The number of rotatable bonds is 3. The van der Waals surface area contributed by atoms with E-state index in [4.69, 9.17) is 5.73 Å². The van der Waals surface area contributed by atoms with Crippen LogP contribution in [0.2, 0.25) is 0 Å². The van der Waals surface area contributed by atoms with Gasteiger partial charge in [0.2, 0.25) is 5.91 Å². The average molecular weight is 265 g/mol. The highest BCUT2D eigenvalue weighted by Crippen LogP contribution is 2.24. The van der Waals surface area contributed by atoms with Gasteiger partial charge in [-0.2, -0.15) is 0 Å². The molecular weight excluding hydrogens is 245 g/mol. The van der Waals surface area contributed by atoms with Crippen LogP contribution in [0.15, 0.2) is 18.2 Å². The number of primary amides is 1. The van der Waals surface area contributed by atoms with Crippen LogP contribution in [0, 0.1) is 12.7 Å². The van der Waals surface area contributed by atoms with Crippen LogP contribution >= 0.6 is 0 Å². The van der Waals surface area contributed by atoms with Crippen molar-refractivity contribution >= 4 is 11.6 Å². The largest absolute Gasteiger partial charge is 0.369 e. The zero-order valence-electron chi connectivity index (χ0n) is 11.2. The number of carbonyl (C=O) groups is 1. The van der Waals surface area contributed by atoms with Crippen LogP contribution in [0.1, 0.15) is 12.0 Å². The van der Waals surface area contributed by atoms with Gasteiger partial charge in [0, 0.05) is 26.2 Å². The predicted octanol–water partition coefficient (Wildman–Crippen LogP) is 1.13. The Morgan fingerprint density at radius 1 is 1.32 bits per heavy atom. The summed E-state index contributed by atoms with van der Waals surface area (Å²) >= 11 is 0. The number of nitrogens with zero attached hydrogens (tertiary/aromatic N) is 2. The van der Waals surface area contributed by atoms with Crippen molar-refractivity contribution in [3.8, 4) is 0 Å². The van der Waals surface area contributed by atoms with Gasteiger partial charge in [0.1, 0.15) is 5.82 Å². The van der Waals surface area contributed by atoms with E-state index in [0.717, 1.165) is 38.2 Å². The third kappa shape index (κ3) is 3.44. The van der Waals surface area contributed by atoms with Crippen molar-refractivity contribution in [3.63, 3.8) is 0 Å². The lowest BCUT2D eigenvalue weighted by molar-refractivity contribution is -0.119. The highest BCUT2D eigenvalue weighted by Gasteiger charge is 2.19. The molecule has 1 heterocycles. The molecule has 0 atom stereocenters. The number of amides is 1. The van der Waals surface area contributed by atoms with Gasteiger partial charge in [0.05, 0.1) is 12.2 Å². The van der Waals surface area contributed by atoms with Crippen molar-refractivity contribution in [3.05, 3.63) is 29.6 Å². The lowest BCUT2D eigenvalue weighted by Gasteiger charge is -2.25. The summed E-state index contributed by atoms with van der Waals surface area (Å²) in [5.41, 5.74) is 6.85. The normalized spacial score (nSPS) is 17.3. The minimum absolute atomic E-state index is 0.177. The average Bonchev–Trinajstić information content (AvgIpc) is 2.54. The molecule has 1 saturated heterocycles. The van der Waals surface area contributed by atoms with E-state index >= 15 is 0 Å². The Balaban J connectivity index is 2.09. The summed E-state index contributed by atoms with van der Waals surface area (Å²) in [5, 5.41) is 0. The van der Waals surface area contributed by atoms with Crippen LogP contribution in [0.3, 0.4) is 0 Å². The van der Waals surface area contributed by atoms with E-state index in [9.17, 15) is 9.18 Å². The minimum Gasteiger partial charge on any atom is -0.369 e. The summed E-state index contributed by atoms with van der Waals surface area (Å²) < 4.78 is 13.9. The Labute approximate surface area is 113 Å². The number of anilines is 1. The van der Waals surface area contributed by atoms with Crippen molar-refractivity contribution in [2.75, 3.05) is 37.6 Å². The number of halogens is 1. The molecule has 0 spiro atoms. The molecular formula is C14H20FN3O. The second kappa shape index (κ2) is 6.02. The first kappa shape index (κ1) is 13.8. The number of para-hydroxylation sites is 1. The molecule has 0 unspecified atom stereocenters. The zero-order valence-corrected chi connectivity index (χ0v) is 11.2. The molecule has 1 aromatic rings. The van der Waals surface area contributed by atoms with E-state index in [0.29, 0.717) is 5.69 Å². The summed E-state index contributed by atoms with van der Waals surface area (Å²) in [6.45, 7) is 5.28. The van der Waals surface area contributed by atoms with Crippen molar-refractivity contribution in [1.29, 1.82) is 0 Å². The van der Waals surface area contributed by atoms with Crippen molar-refractivity contribution in [2.45, 2.75) is 13.3 Å². The standard InChI is InChI=1S/C14H20FN3O/c1-11-4-2-5-12(15)14(11)18-7-3-6-17(8-9-18)10-13(16)19/h2,4-5H,3,6-10H2,1H3,(H2,16,19). The number of hydrogen-bond donors (Lipinski definition) is 1. The number of carbonyl (C=O) groups excluding carboxylic acids is 1. The molecule has 1 aliphatic rings. The molecule has 1 aromatic carbocycles. The lowest BCUT2D eigenvalue weighted by Crippen LogP contribution is -2.37. The monoisotopic (exact) mass is 265 g/mol. The first-order chi connectivity index (χ1) is 9.08. The molecule has 0 radical (unpaired) electrons. The van der Waals surface area contributed by atoms with E-state index in [-0.39, 0.29) is 18.3 Å². The smallest absolute Gasteiger partial charge is 0.231 e. The Kier molecular flexibility index (Phi) is 4.37. The van der Waals surface area contributed by atoms with Gasteiger partial charge in [0.15, 0.2) is 0 Å². The summed E-state index contributed by atoms with van der Waals surface area (Å²) in [7, 11) is 0. The molecule has 2 rings (SSSR count). The predicted molar refractivity (Wildman–Crippen MR) is 73.6 cm³/mol. The Hall–Kier alpha value is -1.62. The summed E-state index contributed by atoms with van der Waals surface area (Å²) in [4.78, 5) is 15.0. The Morgan fingerprint density at radius 3 is 2.79 bits per heavy atom. The van der Waals surface area contributed by atoms with Gasteiger partial charge < -0.3 is 10.6 Å². The molecule has 0 aromatic heterocycles. The molecule has 1 fully saturated rings. The first-order valence-electron chi connectivity index (χ1n) is 6.58. The molecule has 0 aliphatic carbocycles. The fraction of sp³-hybridized carbons (Fsp3) is 0.500. The van der Waals surface area contributed by atoms with Crippen LogP contribution in [0.4, 0.5) is 10.1 Å². The van der Waals surface area contributed by atoms with Gasteiger partial charge in [-0.05, 0) is 25.0 Å². The lowest BCUT2D eigenvalue weighted by atomic mass is 10.1. The highest BCUT2D eigenvalue weighted by molar-refractivity contribution is 5.75. The van der Waals surface area contributed by atoms with Crippen LogP contribution < -0.4 is 10.6 Å². The molecule has 5 heteroatoms. The maximum absolute atomic E-state index is 13.9. The van der Waals surface area contributed by atoms with Crippen molar-refractivity contribution in [2.24, 2.45) is 5.73 Å². The third-order valence-corrected chi connectivity index (χ3v) is 3.47. The second-order valence-electron chi connectivity index (χ2n) is 4.99. The molecule has 104 valence electrons. The van der Waals surface area contributed by atoms with Gasteiger partial charge in [-0.25, -0.2) is 4.39 Å². The summed E-state index contributed by atoms with van der Waals surface area (Å²) in [6, 6.07) is 5.14. The van der Waals surface area contributed by atoms with Crippen LogP contribution in [0.25, 0.3) is 0 Å². The molecule has 2 N–H and O–H groups in total. The van der Waals surface area contributed by atoms with E-state index in [1.54, 1.807) is 6.07 Å². The fourth-order valence-electron chi connectivity index (χ4n) is 2.60. The van der Waals surface area contributed by atoms with Crippen molar-refractivity contribution < 1.29 is 9.18 Å². The van der Waals surface area contributed by atoms with E-state index in [1.165, 1.54) is 6.07 Å². The summed E-state index contributed by atoms with van der Waals surface area (Å²) in [6.07, 6.45) is 0.904. The van der Waals surface area contributed by atoms with Crippen LogP contribution in [-0.2, 0) is 4.79 Å². The van der Waals surface area contributed by atoms with Gasteiger partial charge in [-0.15, -0.1) is 0 Å². The fourth-order valence-corrected chi connectivity index (χ4v) is 2.60. The van der Waals surface area contributed by atoms with Gasteiger partial charge in [-0.3, -0.25) is 9.69 Å². The Bertz CT molecular complexity index is 444. The van der Waals surface area contributed by atoms with E-state index in [2.05, 4.69) is 4.90 Å². The molecule has 1 amide bonds. The highest BCUT2D eigenvalue weighted by atomic mass is 19.1. The first-order valence-corrected chi connectivity index (χ1v) is 6.58. The second-order valence-corrected chi connectivity index (χ2v) is 4.99. The van der Waals surface area contributed by atoms with Crippen LogP contribution in [-0.4, -0.2) is 43.5 Å². The quantitative estimate of drug-likeness (QED) is 0.891. The maximum Gasteiger partial charge on any atom is 0.231 e. The molecule has 1 aliphatic heterocycles. The number of nitrogens with two attached hydrogens (primary N) is 1. The minimum atomic E-state index is -0.310. The maximum atomic E-state index is 13.9. The number of benzene rings is 1. The third-order valence-electron chi connectivity index (χ3n) is 3.47. The molecule has 0 saturated carbocycles. The van der Waals surface area contributed by atoms with Crippen LogP contribution in [0.5, 0.6) is 0 Å². The van der Waals surface area contributed by atoms with Crippen molar-refractivity contribution in [1.82, 2.24) is 4.90 Å². The molecule has 19 heavy (non-hydrogen) atoms. The van der Waals surface area contributed by atoms with E-state index in [1.807, 2.05) is 17.9 Å². The zero-order chi connectivity index (χ0) is 13.8. The molecule has 0 bridgehead atoms. The number of aryl methyl sites for hydroxylation is 1. The van der Waals surface area contributed by atoms with Gasteiger partial charge in [0.25, 0.3) is 0 Å².